The van der Waals surface area contributed by atoms with E-state index in [-0.39, 0.29) is 16.9 Å². The van der Waals surface area contributed by atoms with Gasteiger partial charge in [0.2, 0.25) is 5.91 Å². The molecular weight excluding hydrogens is 266 g/mol. The number of carbonyl (C=O) groups is 2. The van der Waals surface area contributed by atoms with Crippen LogP contribution < -0.4 is 0 Å². The first kappa shape index (κ1) is 15.5. The molecule has 1 N–H and O–H groups in total. The van der Waals surface area contributed by atoms with E-state index in [1.165, 1.54) is 0 Å². The zero-order valence-corrected chi connectivity index (χ0v) is 13.1. The van der Waals surface area contributed by atoms with Gasteiger partial charge in [0.15, 0.2) is 0 Å². The fourth-order valence-corrected chi connectivity index (χ4v) is 2.40. The number of carboxylic acids is 1. The molecule has 4 nitrogen and oxygen atoms in total. The highest BCUT2D eigenvalue weighted by atomic mass is 16.4. The van der Waals surface area contributed by atoms with E-state index in [4.69, 9.17) is 5.11 Å². The van der Waals surface area contributed by atoms with E-state index in [1.54, 1.807) is 12.1 Å². The molecule has 0 fully saturated rings. The molecule has 1 unspecified atom stereocenters. The standard InChI is InChI=1S/C17H23NO3/c1-11(17(2,3)4)7-15(19)18-9-13-6-5-12(16(20)21)8-14(13)10-18/h5-6,8,11H,7,9-10H2,1-4H3,(H,20,21). The molecule has 1 aromatic rings. The van der Waals surface area contributed by atoms with E-state index >= 15 is 0 Å². The van der Waals surface area contributed by atoms with Crippen molar-refractivity contribution in [2.45, 2.75) is 47.2 Å². The van der Waals surface area contributed by atoms with Gasteiger partial charge in [-0.05, 0) is 34.6 Å². The topological polar surface area (TPSA) is 57.6 Å². The molecule has 2 rings (SSSR count). The number of benzene rings is 1. The third kappa shape index (κ3) is 3.43. The first-order chi connectivity index (χ1) is 9.68. The van der Waals surface area contributed by atoms with E-state index in [9.17, 15) is 9.59 Å². The lowest BCUT2D eigenvalue weighted by Gasteiger charge is -2.28. The molecule has 0 radical (unpaired) electrons. The van der Waals surface area contributed by atoms with Crippen LogP contribution in [-0.4, -0.2) is 21.9 Å². The van der Waals surface area contributed by atoms with Gasteiger partial charge in [-0.1, -0.05) is 33.8 Å². The van der Waals surface area contributed by atoms with Crippen molar-refractivity contribution in [2.75, 3.05) is 0 Å². The summed E-state index contributed by atoms with van der Waals surface area (Å²) >= 11 is 0. The predicted octanol–water partition coefficient (Wildman–Crippen LogP) is 3.30. The van der Waals surface area contributed by atoms with Crippen molar-refractivity contribution >= 4 is 11.9 Å². The van der Waals surface area contributed by atoms with E-state index in [0.29, 0.717) is 25.4 Å². The van der Waals surface area contributed by atoms with Crippen molar-refractivity contribution in [1.29, 1.82) is 0 Å². The van der Waals surface area contributed by atoms with Gasteiger partial charge in [0, 0.05) is 19.5 Å². The minimum atomic E-state index is -0.927. The van der Waals surface area contributed by atoms with Crippen LogP contribution in [0.15, 0.2) is 18.2 Å². The van der Waals surface area contributed by atoms with Crippen molar-refractivity contribution in [2.24, 2.45) is 11.3 Å². The Balaban J connectivity index is 2.06. The summed E-state index contributed by atoms with van der Waals surface area (Å²) in [6.07, 6.45) is 0.531. The minimum absolute atomic E-state index is 0.110. The number of hydrogen-bond donors (Lipinski definition) is 1. The molecule has 0 bridgehead atoms. The summed E-state index contributed by atoms with van der Waals surface area (Å²) in [4.78, 5) is 25.2. The van der Waals surface area contributed by atoms with E-state index in [1.807, 2.05) is 11.0 Å². The second kappa shape index (κ2) is 5.51. The Morgan fingerprint density at radius 2 is 1.86 bits per heavy atom. The molecule has 0 spiro atoms. The number of rotatable bonds is 3. The van der Waals surface area contributed by atoms with Gasteiger partial charge in [0.05, 0.1) is 5.56 Å². The highest BCUT2D eigenvalue weighted by Crippen LogP contribution is 2.30. The van der Waals surface area contributed by atoms with Gasteiger partial charge in [0.25, 0.3) is 0 Å². The first-order valence-corrected chi connectivity index (χ1v) is 7.31. The Bertz CT molecular complexity index is 572. The summed E-state index contributed by atoms with van der Waals surface area (Å²) in [6, 6.07) is 5.10. The van der Waals surface area contributed by atoms with Crippen molar-refractivity contribution in [3.8, 4) is 0 Å². The lowest BCUT2D eigenvalue weighted by atomic mass is 9.80. The maximum Gasteiger partial charge on any atom is 0.335 e. The van der Waals surface area contributed by atoms with E-state index < -0.39 is 5.97 Å². The Morgan fingerprint density at radius 3 is 2.43 bits per heavy atom. The normalized spacial score (nSPS) is 15.7. The molecule has 1 aliphatic heterocycles. The molecule has 1 aliphatic rings. The van der Waals surface area contributed by atoms with Crippen molar-refractivity contribution in [3.63, 3.8) is 0 Å². The molecule has 4 heteroatoms. The maximum absolute atomic E-state index is 12.4. The zero-order valence-electron chi connectivity index (χ0n) is 13.1. The molecule has 0 aromatic heterocycles. The molecule has 0 aliphatic carbocycles. The average Bonchev–Trinajstić information content (AvgIpc) is 2.80. The Kier molecular flexibility index (Phi) is 4.08. The lowest BCUT2D eigenvalue weighted by molar-refractivity contribution is -0.133. The van der Waals surface area contributed by atoms with Crippen LogP contribution in [0.1, 0.15) is 55.6 Å². The van der Waals surface area contributed by atoms with Crippen LogP contribution in [0.3, 0.4) is 0 Å². The van der Waals surface area contributed by atoms with Gasteiger partial charge in [-0.3, -0.25) is 4.79 Å². The monoisotopic (exact) mass is 289 g/mol. The molecule has 21 heavy (non-hydrogen) atoms. The summed E-state index contributed by atoms with van der Waals surface area (Å²) in [5.41, 5.74) is 2.40. The third-order valence-electron chi connectivity index (χ3n) is 4.49. The summed E-state index contributed by atoms with van der Waals surface area (Å²) < 4.78 is 0. The Hall–Kier alpha value is -1.84. The number of fused-ring (bicyclic) bond motifs is 1. The summed E-state index contributed by atoms with van der Waals surface area (Å²) in [5, 5.41) is 9.02. The summed E-state index contributed by atoms with van der Waals surface area (Å²) in [5.74, 6) is -0.474. The molecule has 1 atom stereocenters. The Labute approximate surface area is 125 Å². The first-order valence-electron chi connectivity index (χ1n) is 7.31. The fraction of sp³-hybridized carbons (Fsp3) is 0.529. The minimum Gasteiger partial charge on any atom is -0.478 e. The van der Waals surface area contributed by atoms with E-state index in [2.05, 4.69) is 27.7 Å². The molecule has 1 aromatic carbocycles. The van der Waals surface area contributed by atoms with Gasteiger partial charge in [-0.25, -0.2) is 4.79 Å². The number of carbonyl (C=O) groups excluding carboxylic acids is 1. The molecule has 1 heterocycles. The average molecular weight is 289 g/mol. The summed E-state index contributed by atoms with van der Waals surface area (Å²) in [7, 11) is 0. The zero-order chi connectivity index (χ0) is 15.8. The number of amides is 1. The molecule has 0 saturated carbocycles. The quantitative estimate of drug-likeness (QED) is 0.928. The van der Waals surface area contributed by atoms with E-state index in [0.717, 1.165) is 11.1 Å². The maximum atomic E-state index is 12.4. The molecular formula is C17H23NO3. The Morgan fingerprint density at radius 1 is 1.24 bits per heavy atom. The predicted molar refractivity (Wildman–Crippen MR) is 80.9 cm³/mol. The SMILES string of the molecule is CC(CC(=O)N1Cc2ccc(C(=O)O)cc2C1)C(C)(C)C. The van der Waals surface area contributed by atoms with Gasteiger partial charge >= 0.3 is 5.97 Å². The van der Waals surface area contributed by atoms with Crippen molar-refractivity contribution < 1.29 is 14.7 Å². The number of nitrogens with zero attached hydrogens (tertiary/aromatic N) is 1. The van der Waals surface area contributed by atoms with Crippen LogP contribution in [-0.2, 0) is 17.9 Å². The van der Waals surface area contributed by atoms with Gasteiger partial charge in [0.1, 0.15) is 0 Å². The van der Waals surface area contributed by atoms with Gasteiger partial charge in [-0.2, -0.15) is 0 Å². The molecule has 114 valence electrons. The number of carboxylic acid groups (broad SMARTS) is 1. The van der Waals surface area contributed by atoms with Crippen LogP contribution in [0.4, 0.5) is 0 Å². The van der Waals surface area contributed by atoms with Crippen molar-refractivity contribution in [1.82, 2.24) is 4.90 Å². The van der Waals surface area contributed by atoms with Gasteiger partial charge < -0.3 is 10.0 Å². The molecule has 0 saturated heterocycles. The number of aromatic carboxylic acids is 1. The van der Waals surface area contributed by atoms with Crippen LogP contribution in [0.25, 0.3) is 0 Å². The fourth-order valence-electron chi connectivity index (χ4n) is 2.40. The lowest BCUT2D eigenvalue weighted by Crippen LogP contribution is -2.30. The molecule has 1 amide bonds. The summed E-state index contributed by atoms with van der Waals surface area (Å²) in [6.45, 7) is 9.63. The van der Waals surface area contributed by atoms with Crippen LogP contribution in [0, 0.1) is 11.3 Å². The second-order valence-corrected chi connectivity index (χ2v) is 7.01. The highest BCUT2D eigenvalue weighted by Gasteiger charge is 2.28. The second-order valence-electron chi connectivity index (χ2n) is 7.01. The van der Waals surface area contributed by atoms with Gasteiger partial charge in [-0.15, -0.1) is 0 Å². The van der Waals surface area contributed by atoms with Crippen LogP contribution >= 0.6 is 0 Å². The largest absolute Gasteiger partial charge is 0.478 e. The highest BCUT2D eigenvalue weighted by molar-refractivity contribution is 5.88. The number of hydrogen-bond acceptors (Lipinski definition) is 2. The van der Waals surface area contributed by atoms with Crippen LogP contribution in [0.5, 0.6) is 0 Å². The van der Waals surface area contributed by atoms with Crippen LogP contribution in [0.2, 0.25) is 0 Å². The van der Waals surface area contributed by atoms with Crippen molar-refractivity contribution in [3.05, 3.63) is 34.9 Å². The smallest absolute Gasteiger partial charge is 0.335 e. The third-order valence-corrected chi connectivity index (χ3v) is 4.49.